The van der Waals surface area contributed by atoms with Crippen molar-refractivity contribution < 1.29 is 4.79 Å². The van der Waals surface area contributed by atoms with Crippen LogP contribution in [0.25, 0.3) is 11.3 Å². The molecule has 7 heteroatoms. The minimum Gasteiger partial charge on any atom is -0.337 e. The number of carbonyl (C=O) groups excluding carboxylic acids is 1. The lowest BCUT2D eigenvalue weighted by Crippen LogP contribution is -2.44. The maximum Gasteiger partial charge on any atom is 0.271 e. The van der Waals surface area contributed by atoms with Crippen LogP contribution in [0.5, 0.6) is 0 Å². The van der Waals surface area contributed by atoms with E-state index in [1.165, 1.54) is 0 Å². The summed E-state index contributed by atoms with van der Waals surface area (Å²) in [6.45, 7) is 1.91. The summed E-state index contributed by atoms with van der Waals surface area (Å²) >= 11 is 6.18. The molecule has 0 spiro atoms. The molecular formula is C16H20Cl2N4O. The van der Waals surface area contributed by atoms with E-state index >= 15 is 0 Å². The molecule has 0 unspecified atom stereocenters. The number of nitrogens with one attached hydrogen (secondary N) is 2. The van der Waals surface area contributed by atoms with Crippen molar-refractivity contribution in [3.8, 4) is 11.3 Å². The number of benzene rings is 1. The topological polar surface area (TPSA) is 61.0 Å². The highest BCUT2D eigenvalue weighted by Crippen LogP contribution is 2.26. The van der Waals surface area contributed by atoms with Crippen LogP contribution in [-0.4, -0.2) is 47.2 Å². The number of amides is 1. The monoisotopic (exact) mass is 354 g/mol. The largest absolute Gasteiger partial charge is 0.337 e. The minimum absolute atomic E-state index is 0. The smallest absolute Gasteiger partial charge is 0.271 e. The summed E-state index contributed by atoms with van der Waals surface area (Å²) in [5.74, 6) is -0.0299. The molecular weight excluding hydrogens is 335 g/mol. The second-order valence-corrected chi connectivity index (χ2v) is 5.95. The molecule has 1 aromatic carbocycles. The van der Waals surface area contributed by atoms with Gasteiger partial charge in [-0.1, -0.05) is 29.8 Å². The van der Waals surface area contributed by atoms with Crippen LogP contribution in [-0.2, 0) is 0 Å². The molecule has 3 rings (SSSR count). The molecule has 1 saturated heterocycles. The highest BCUT2D eigenvalue weighted by Gasteiger charge is 2.24. The molecule has 2 aromatic rings. The lowest BCUT2D eigenvalue weighted by molar-refractivity contribution is 0.0697. The molecule has 0 radical (unpaired) electrons. The molecule has 23 heavy (non-hydrogen) atoms. The summed E-state index contributed by atoms with van der Waals surface area (Å²) in [5.41, 5.74) is 2.01. The van der Waals surface area contributed by atoms with E-state index in [0.717, 1.165) is 31.5 Å². The van der Waals surface area contributed by atoms with E-state index in [0.29, 0.717) is 16.4 Å². The van der Waals surface area contributed by atoms with Gasteiger partial charge in [0.05, 0.1) is 10.7 Å². The van der Waals surface area contributed by atoms with Crippen LogP contribution >= 0.6 is 24.0 Å². The fourth-order valence-corrected chi connectivity index (χ4v) is 3.02. The zero-order valence-electron chi connectivity index (χ0n) is 12.9. The SMILES string of the molecule is CN(C(=O)c1cc(-c2ccccc2Cl)n[nH]1)C1CCNCC1.Cl. The third-order valence-corrected chi connectivity index (χ3v) is 4.46. The van der Waals surface area contributed by atoms with Crippen LogP contribution in [0.2, 0.25) is 5.02 Å². The summed E-state index contributed by atoms with van der Waals surface area (Å²) in [6, 6.07) is 9.52. The number of halogens is 2. The van der Waals surface area contributed by atoms with Crippen LogP contribution in [0.3, 0.4) is 0 Å². The van der Waals surface area contributed by atoms with Crippen LogP contribution < -0.4 is 5.32 Å². The first kappa shape index (κ1) is 17.8. The first-order valence-electron chi connectivity index (χ1n) is 7.45. The standard InChI is InChI=1S/C16H19ClN4O.ClH/c1-21(11-6-8-18-9-7-11)16(22)15-10-14(19-20-15)12-4-2-3-5-13(12)17;/h2-5,10-11,18H,6-9H2,1H3,(H,19,20);1H. The van der Waals surface area contributed by atoms with Gasteiger partial charge in [0.25, 0.3) is 5.91 Å². The van der Waals surface area contributed by atoms with Crippen molar-refractivity contribution in [2.24, 2.45) is 0 Å². The Bertz CT molecular complexity index is 668. The maximum absolute atomic E-state index is 12.6. The summed E-state index contributed by atoms with van der Waals surface area (Å²) in [7, 11) is 1.86. The molecule has 2 N–H and O–H groups in total. The van der Waals surface area contributed by atoms with Gasteiger partial charge < -0.3 is 10.2 Å². The van der Waals surface area contributed by atoms with E-state index in [1.54, 1.807) is 6.07 Å². The van der Waals surface area contributed by atoms with Gasteiger partial charge in [0.2, 0.25) is 0 Å². The van der Waals surface area contributed by atoms with Gasteiger partial charge in [0.15, 0.2) is 0 Å². The van der Waals surface area contributed by atoms with E-state index in [9.17, 15) is 4.79 Å². The number of aromatic amines is 1. The van der Waals surface area contributed by atoms with Gasteiger partial charge in [-0.05, 0) is 38.1 Å². The number of carbonyl (C=O) groups is 1. The second-order valence-electron chi connectivity index (χ2n) is 5.54. The molecule has 0 bridgehead atoms. The Balaban J connectivity index is 0.00000192. The van der Waals surface area contributed by atoms with Crippen LogP contribution in [0, 0.1) is 0 Å². The van der Waals surface area contributed by atoms with Gasteiger partial charge in [-0.15, -0.1) is 12.4 Å². The van der Waals surface area contributed by atoms with Crippen molar-refractivity contribution in [2.45, 2.75) is 18.9 Å². The van der Waals surface area contributed by atoms with Gasteiger partial charge >= 0.3 is 0 Å². The molecule has 0 atom stereocenters. The molecule has 1 aliphatic rings. The third kappa shape index (κ3) is 3.86. The molecule has 1 amide bonds. The van der Waals surface area contributed by atoms with E-state index in [4.69, 9.17) is 11.6 Å². The molecule has 1 aliphatic heterocycles. The first-order valence-corrected chi connectivity index (χ1v) is 7.83. The molecule has 0 saturated carbocycles. The van der Waals surface area contributed by atoms with E-state index in [2.05, 4.69) is 15.5 Å². The van der Waals surface area contributed by atoms with Crippen molar-refractivity contribution in [3.05, 3.63) is 41.0 Å². The zero-order valence-corrected chi connectivity index (χ0v) is 14.5. The minimum atomic E-state index is -0.0299. The molecule has 0 aliphatic carbocycles. The number of rotatable bonds is 3. The number of nitrogens with zero attached hydrogens (tertiary/aromatic N) is 2. The van der Waals surface area contributed by atoms with Crippen molar-refractivity contribution in [2.75, 3.05) is 20.1 Å². The van der Waals surface area contributed by atoms with Crippen molar-refractivity contribution >= 4 is 29.9 Å². The number of hydrogen-bond donors (Lipinski definition) is 2. The maximum atomic E-state index is 12.6. The van der Waals surface area contributed by atoms with E-state index in [1.807, 2.05) is 36.2 Å². The zero-order chi connectivity index (χ0) is 15.5. The van der Waals surface area contributed by atoms with Crippen molar-refractivity contribution in [3.63, 3.8) is 0 Å². The molecule has 5 nitrogen and oxygen atoms in total. The second kappa shape index (κ2) is 7.81. The summed E-state index contributed by atoms with van der Waals surface area (Å²) in [4.78, 5) is 14.4. The number of H-pyrrole nitrogens is 1. The van der Waals surface area contributed by atoms with Gasteiger partial charge in [-0.25, -0.2) is 0 Å². The quantitative estimate of drug-likeness (QED) is 0.890. The van der Waals surface area contributed by atoms with Gasteiger partial charge in [-0.2, -0.15) is 5.10 Å². The highest BCUT2D eigenvalue weighted by molar-refractivity contribution is 6.33. The number of piperidine rings is 1. The third-order valence-electron chi connectivity index (χ3n) is 4.13. The Morgan fingerprint density at radius 3 is 2.70 bits per heavy atom. The normalized spacial score (nSPS) is 15.0. The fourth-order valence-electron chi connectivity index (χ4n) is 2.79. The fraction of sp³-hybridized carbons (Fsp3) is 0.375. The van der Waals surface area contributed by atoms with Crippen molar-refractivity contribution in [1.29, 1.82) is 0 Å². The molecule has 1 aromatic heterocycles. The van der Waals surface area contributed by atoms with Gasteiger partial charge in [-0.3, -0.25) is 9.89 Å². The summed E-state index contributed by atoms with van der Waals surface area (Å²) in [5, 5.41) is 11.0. The molecule has 2 heterocycles. The highest BCUT2D eigenvalue weighted by atomic mass is 35.5. The Morgan fingerprint density at radius 2 is 2.00 bits per heavy atom. The van der Waals surface area contributed by atoms with Gasteiger partial charge in [0.1, 0.15) is 5.69 Å². The first-order chi connectivity index (χ1) is 10.7. The average Bonchev–Trinajstić information content (AvgIpc) is 3.04. The number of aromatic nitrogens is 2. The lowest BCUT2D eigenvalue weighted by Gasteiger charge is -2.31. The van der Waals surface area contributed by atoms with Gasteiger partial charge in [0, 0.05) is 18.7 Å². The van der Waals surface area contributed by atoms with Crippen molar-refractivity contribution in [1.82, 2.24) is 20.4 Å². The van der Waals surface area contributed by atoms with Crippen LogP contribution in [0.15, 0.2) is 30.3 Å². The van der Waals surface area contributed by atoms with Crippen LogP contribution in [0.4, 0.5) is 0 Å². The Labute approximate surface area is 146 Å². The molecule has 124 valence electrons. The Morgan fingerprint density at radius 1 is 1.30 bits per heavy atom. The van der Waals surface area contributed by atoms with Crippen LogP contribution in [0.1, 0.15) is 23.3 Å². The lowest BCUT2D eigenvalue weighted by atomic mass is 10.0. The number of hydrogen-bond acceptors (Lipinski definition) is 3. The van der Waals surface area contributed by atoms with E-state index < -0.39 is 0 Å². The Hall–Kier alpha value is -1.56. The summed E-state index contributed by atoms with van der Waals surface area (Å²) < 4.78 is 0. The predicted octanol–water partition coefficient (Wildman–Crippen LogP) is 2.98. The molecule has 1 fully saturated rings. The predicted molar refractivity (Wildman–Crippen MR) is 94.3 cm³/mol. The Kier molecular flexibility index (Phi) is 6.04. The average molecular weight is 355 g/mol. The van der Waals surface area contributed by atoms with E-state index in [-0.39, 0.29) is 24.4 Å². The summed E-state index contributed by atoms with van der Waals surface area (Å²) in [6.07, 6.45) is 1.96.